The summed E-state index contributed by atoms with van der Waals surface area (Å²) in [6, 6.07) is 1.78. The minimum atomic E-state index is -0.453. The zero-order chi connectivity index (χ0) is 14.3. The molecule has 2 heterocycles. The highest BCUT2D eigenvalue weighted by atomic mass is 35.5. The van der Waals surface area contributed by atoms with Crippen molar-refractivity contribution in [2.24, 2.45) is 0 Å². The number of ether oxygens (including phenoxy) is 1. The van der Waals surface area contributed by atoms with Crippen molar-refractivity contribution in [2.45, 2.75) is 45.8 Å². The number of halogens is 1. The van der Waals surface area contributed by atoms with Gasteiger partial charge >= 0.3 is 7.12 Å². The van der Waals surface area contributed by atoms with E-state index in [-0.39, 0.29) is 11.2 Å². The van der Waals surface area contributed by atoms with Crippen LogP contribution in [0, 0.1) is 0 Å². The molecule has 0 saturated carbocycles. The van der Waals surface area contributed by atoms with Gasteiger partial charge in [0.15, 0.2) is 0 Å². The summed E-state index contributed by atoms with van der Waals surface area (Å²) in [4.78, 5) is 4.19. The van der Waals surface area contributed by atoms with Gasteiger partial charge in [-0.1, -0.05) is 11.6 Å². The van der Waals surface area contributed by atoms with Crippen LogP contribution in [0.1, 0.15) is 34.6 Å². The molecule has 2 rings (SSSR count). The van der Waals surface area contributed by atoms with E-state index in [4.69, 9.17) is 25.6 Å². The van der Waals surface area contributed by atoms with Gasteiger partial charge in [0, 0.05) is 11.7 Å². The summed E-state index contributed by atoms with van der Waals surface area (Å²) in [5.41, 5.74) is 0.0537. The zero-order valence-electron chi connectivity index (χ0n) is 12.0. The normalized spacial score (nSPS) is 20.6. The second-order valence-electron chi connectivity index (χ2n) is 5.58. The Bertz CT molecular complexity index is 463. The summed E-state index contributed by atoms with van der Waals surface area (Å²) >= 11 is 6.13. The van der Waals surface area contributed by atoms with Gasteiger partial charge in [-0.15, -0.1) is 0 Å². The Hall–Kier alpha value is -0.775. The first-order valence-electron chi connectivity index (χ1n) is 6.41. The van der Waals surface area contributed by atoms with Crippen molar-refractivity contribution in [1.82, 2.24) is 4.98 Å². The molecule has 104 valence electrons. The first-order chi connectivity index (χ1) is 8.77. The smallest absolute Gasteiger partial charge is 0.477 e. The molecule has 0 atom stereocenters. The maximum atomic E-state index is 6.13. The summed E-state index contributed by atoms with van der Waals surface area (Å²) in [6.45, 7) is 10.5. The van der Waals surface area contributed by atoms with E-state index in [1.165, 1.54) is 0 Å². The van der Waals surface area contributed by atoms with Gasteiger partial charge in [0.1, 0.15) is 5.02 Å². The summed E-state index contributed by atoms with van der Waals surface area (Å²) in [6.07, 6.45) is 1.68. The van der Waals surface area contributed by atoms with Crippen LogP contribution in [0.2, 0.25) is 5.02 Å². The molecule has 1 aliphatic heterocycles. The maximum absolute atomic E-state index is 6.13. The third kappa shape index (κ3) is 2.73. The fourth-order valence-electron chi connectivity index (χ4n) is 1.79. The van der Waals surface area contributed by atoms with E-state index in [0.717, 1.165) is 5.46 Å². The Kier molecular flexibility index (Phi) is 3.82. The van der Waals surface area contributed by atoms with Crippen LogP contribution in [0.25, 0.3) is 0 Å². The Labute approximate surface area is 119 Å². The van der Waals surface area contributed by atoms with Gasteiger partial charge in [-0.25, -0.2) is 4.98 Å². The van der Waals surface area contributed by atoms with Crippen LogP contribution in [0.15, 0.2) is 12.3 Å². The average molecular weight is 284 g/mol. The first-order valence-corrected chi connectivity index (χ1v) is 6.78. The molecule has 0 bridgehead atoms. The van der Waals surface area contributed by atoms with Crippen LogP contribution in [0.3, 0.4) is 0 Å². The Morgan fingerprint density at radius 2 is 1.84 bits per heavy atom. The summed E-state index contributed by atoms with van der Waals surface area (Å²) in [5.74, 6) is 0.435. The highest BCUT2D eigenvalue weighted by Crippen LogP contribution is 2.36. The molecular formula is C13H19BClNO3. The molecular weight excluding hydrogens is 264 g/mol. The standard InChI is InChI=1S/C13H19BClNO3/c1-6-17-11-10(15)7-9(8-16-11)14-18-12(2,3)13(4,5)19-14/h7-8H,6H2,1-5H3. The second-order valence-corrected chi connectivity index (χ2v) is 5.98. The predicted octanol–water partition coefficient (Wildman–Crippen LogP) is 2.43. The number of hydrogen-bond acceptors (Lipinski definition) is 4. The minimum Gasteiger partial charge on any atom is -0.477 e. The van der Waals surface area contributed by atoms with Gasteiger partial charge in [-0.05, 0) is 40.7 Å². The van der Waals surface area contributed by atoms with Gasteiger partial charge in [0.2, 0.25) is 5.88 Å². The lowest BCUT2D eigenvalue weighted by molar-refractivity contribution is 0.00578. The van der Waals surface area contributed by atoms with Crippen LogP contribution >= 0.6 is 11.6 Å². The van der Waals surface area contributed by atoms with E-state index in [0.29, 0.717) is 17.5 Å². The first kappa shape index (κ1) is 14.6. The summed E-state index contributed by atoms with van der Waals surface area (Å²) in [7, 11) is -0.453. The molecule has 0 amide bonds. The number of rotatable bonds is 3. The van der Waals surface area contributed by atoms with E-state index < -0.39 is 7.12 Å². The number of nitrogens with zero attached hydrogens (tertiary/aromatic N) is 1. The number of aromatic nitrogens is 1. The van der Waals surface area contributed by atoms with E-state index in [9.17, 15) is 0 Å². The lowest BCUT2D eigenvalue weighted by atomic mass is 9.80. The SMILES string of the molecule is CCOc1ncc(B2OC(C)(C)C(C)(C)O2)cc1Cl. The lowest BCUT2D eigenvalue weighted by Crippen LogP contribution is -2.41. The van der Waals surface area contributed by atoms with Crippen molar-refractivity contribution >= 4 is 24.2 Å². The molecule has 0 aromatic carbocycles. The van der Waals surface area contributed by atoms with Gasteiger partial charge in [-0.2, -0.15) is 0 Å². The van der Waals surface area contributed by atoms with Crippen LogP contribution in [0.5, 0.6) is 5.88 Å². The molecule has 1 aromatic heterocycles. The monoisotopic (exact) mass is 283 g/mol. The van der Waals surface area contributed by atoms with Crippen molar-refractivity contribution < 1.29 is 14.0 Å². The topological polar surface area (TPSA) is 40.6 Å². The highest BCUT2D eigenvalue weighted by molar-refractivity contribution is 6.62. The van der Waals surface area contributed by atoms with Gasteiger partial charge in [-0.3, -0.25) is 0 Å². The molecule has 1 fully saturated rings. The quantitative estimate of drug-likeness (QED) is 0.799. The second kappa shape index (κ2) is 4.96. The highest BCUT2D eigenvalue weighted by Gasteiger charge is 2.51. The fourth-order valence-corrected chi connectivity index (χ4v) is 2.02. The largest absolute Gasteiger partial charge is 0.496 e. The number of pyridine rings is 1. The third-order valence-electron chi connectivity index (χ3n) is 3.64. The van der Waals surface area contributed by atoms with Crippen LogP contribution in [-0.4, -0.2) is 29.9 Å². The predicted molar refractivity (Wildman–Crippen MR) is 76.1 cm³/mol. The molecule has 4 nitrogen and oxygen atoms in total. The molecule has 0 N–H and O–H groups in total. The maximum Gasteiger partial charge on any atom is 0.496 e. The number of hydrogen-bond donors (Lipinski definition) is 0. The van der Waals surface area contributed by atoms with Gasteiger partial charge in [0.25, 0.3) is 0 Å². The molecule has 19 heavy (non-hydrogen) atoms. The van der Waals surface area contributed by atoms with Crippen molar-refractivity contribution in [2.75, 3.05) is 6.61 Å². The molecule has 6 heteroatoms. The van der Waals surface area contributed by atoms with Gasteiger partial charge in [0.05, 0.1) is 17.8 Å². The van der Waals surface area contributed by atoms with E-state index in [1.54, 1.807) is 12.3 Å². The Balaban J connectivity index is 2.23. The van der Waals surface area contributed by atoms with Crippen molar-refractivity contribution in [1.29, 1.82) is 0 Å². The molecule has 1 aromatic rings. The molecule has 1 saturated heterocycles. The van der Waals surface area contributed by atoms with E-state index in [2.05, 4.69) is 4.98 Å². The van der Waals surface area contributed by atoms with Crippen molar-refractivity contribution in [3.05, 3.63) is 17.3 Å². The molecule has 0 unspecified atom stereocenters. The van der Waals surface area contributed by atoms with Gasteiger partial charge < -0.3 is 14.0 Å². The fraction of sp³-hybridized carbons (Fsp3) is 0.615. The van der Waals surface area contributed by atoms with Crippen molar-refractivity contribution in [3.63, 3.8) is 0 Å². The van der Waals surface area contributed by atoms with Crippen LogP contribution in [-0.2, 0) is 9.31 Å². The molecule has 0 aliphatic carbocycles. The zero-order valence-corrected chi connectivity index (χ0v) is 12.7. The lowest BCUT2D eigenvalue weighted by Gasteiger charge is -2.32. The van der Waals surface area contributed by atoms with Crippen LogP contribution < -0.4 is 10.2 Å². The minimum absolute atomic E-state index is 0.372. The van der Waals surface area contributed by atoms with E-state index in [1.807, 2.05) is 34.6 Å². The molecule has 0 radical (unpaired) electrons. The van der Waals surface area contributed by atoms with E-state index >= 15 is 0 Å². The summed E-state index contributed by atoms with van der Waals surface area (Å²) < 4.78 is 17.2. The van der Waals surface area contributed by atoms with Crippen molar-refractivity contribution in [3.8, 4) is 5.88 Å². The molecule has 0 spiro atoms. The Morgan fingerprint density at radius 1 is 1.26 bits per heavy atom. The van der Waals surface area contributed by atoms with Crippen LogP contribution in [0.4, 0.5) is 0 Å². The Morgan fingerprint density at radius 3 is 2.32 bits per heavy atom. The third-order valence-corrected chi connectivity index (χ3v) is 3.91. The molecule has 1 aliphatic rings. The average Bonchev–Trinajstić information content (AvgIpc) is 2.51. The summed E-state index contributed by atoms with van der Waals surface area (Å²) in [5, 5.41) is 0.467.